The number of carbonyl (C=O) groups excluding carboxylic acids is 1. The summed E-state index contributed by atoms with van der Waals surface area (Å²) in [6.07, 6.45) is 2.21. The molecule has 3 aromatic rings. The van der Waals surface area contributed by atoms with Crippen molar-refractivity contribution in [2.45, 2.75) is 25.5 Å². The van der Waals surface area contributed by atoms with Crippen molar-refractivity contribution in [2.75, 3.05) is 13.2 Å². The van der Waals surface area contributed by atoms with Gasteiger partial charge in [-0.1, -0.05) is 30.3 Å². The van der Waals surface area contributed by atoms with Crippen LogP contribution in [0.4, 0.5) is 0 Å². The Balaban J connectivity index is 1.60. The van der Waals surface area contributed by atoms with E-state index in [-0.39, 0.29) is 12.0 Å². The summed E-state index contributed by atoms with van der Waals surface area (Å²) in [6, 6.07) is 15.7. The highest BCUT2D eigenvalue weighted by Crippen LogP contribution is 2.20. The summed E-state index contributed by atoms with van der Waals surface area (Å²) in [7, 11) is 0. The molecular weight excluding hydrogens is 332 g/mol. The van der Waals surface area contributed by atoms with Gasteiger partial charge >= 0.3 is 0 Å². The first-order chi connectivity index (χ1) is 12.3. The summed E-state index contributed by atoms with van der Waals surface area (Å²) in [6.45, 7) is 2.01. The molecule has 128 valence electrons. The summed E-state index contributed by atoms with van der Waals surface area (Å²) < 4.78 is 5.75. The Kier molecular flexibility index (Phi) is 4.76. The molecule has 0 radical (unpaired) electrons. The van der Waals surface area contributed by atoms with Crippen LogP contribution in [-0.2, 0) is 11.3 Å². The molecule has 3 heterocycles. The summed E-state index contributed by atoms with van der Waals surface area (Å²) in [5.74, 6) is -0.0327. The van der Waals surface area contributed by atoms with Crippen molar-refractivity contribution in [3.63, 3.8) is 0 Å². The SMILES string of the molecule is O=C(c1ccc2ccccc2n1)N(Cc1cccs1)CC1CCCO1. The number of benzene rings is 1. The molecule has 2 aromatic heterocycles. The van der Waals surface area contributed by atoms with Gasteiger partial charge in [-0.2, -0.15) is 0 Å². The molecular formula is C20H20N2O2S. The van der Waals surface area contributed by atoms with E-state index in [1.54, 1.807) is 11.3 Å². The largest absolute Gasteiger partial charge is 0.376 e. The lowest BCUT2D eigenvalue weighted by Gasteiger charge is -2.25. The molecule has 1 fully saturated rings. The van der Waals surface area contributed by atoms with Crippen molar-refractivity contribution in [1.82, 2.24) is 9.88 Å². The van der Waals surface area contributed by atoms with E-state index in [1.165, 1.54) is 4.88 Å². The van der Waals surface area contributed by atoms with Crippen LogP contribution in [0.15, 0.2) is 53.9 Å². The molecule has 1 aliphatic rings. The molecule has 5 heteroatoms. The second-order valence-electron chi connectivity index (χ2n) is 6.29. The van der Waals surface area contributed by atoms with Gasteiger partial charge in [0.25, 0.3) is 5.91 Å². The fraction of sp³-hybridized carbons (Fsp3) is 0.300. The Morgan fingerprint density at radius 2 is 2.12 bits per heavy atom. The number of hydrogen-bond donors (Lipinski definition) is 0. The second kappa shape index (κ2) is 7.33. The van der Waals surface area contributed by atoms with Crippen LogP contribution in [0, 0.1) is 0 Å². The highest BCUT2D eigenvalue weighted by atomic mass is 32.1. The minimum atomic E-state index is -0.0327. The van der Waals surface area contributed by atoms with Gasteiger partial charge in [0.2, 0.25) is 0 Å². The lowest BCUT2D eigenvalue weighted by atomic mass is 10.2. The topological polar surface area (TPSA) is 42.4 Å². The van der Waals surface area contributed by atoms with Crippen LogP contribution in [0.2, 0.25) is 0 Å². The zero-order valence-corrected chi connectivity index (χ0v) is 14.7. The number of pyridine rings is 1. The first-order valence-corrected chi connectivity index (χ1v) is 9.46. The Hall–Kier alpha value is -2.24. The summed E-state index contributed by atoms with van der Waals surface area (Å²) >= 11 is 1.67. The van der Waals surface area contributed by atoms with Crippen molar-refractivity contribution in [2.24, 2.45) is 0 Å². The number of fused-ring (bicyclic) bond motifs is 1. The van der Waals surface area contributed by atoms with Crippen LogP contribution in [0.5, 0.6) is 0 Å². The van der Waals surface area contributed by atoms with Crippen molar-refractivity contribution in [3.05, 3.63) is 64.5 Å². The third kappa shape index (κ3) is 3.72. The van der Waals surface area contributed by atoms with Crippen LogP contribution in [0.1, 0.15) is 28.2 Å². The standard InChI is InChI=1S/C20H20N2O2S/c23-20(19-10-9-15-5-1-2-8-18(15)21-19)22(13-16-6-3-11-24-16)14-17-7-4-12-25-17/h1-2,4-5,7-10,12,16H,3,6,11,13-14H2. The lowest BCUT2D eigenvalue weighted by molar-refractivity contribution is 0.0505. The normalized spacial score (nSPS) is 17.0. The molecule has 1 atom stereocenters. The van der Waals surface area contributed by atoms with Gasteiger partial charge in [-0.25, -0.2) is 4.98 Å². The summed E-state index contributed by atoms with van der Waals surface area (Å²) in [5, 5.41) is 3.08. The molecule has 25 heavy (non-hydrogen) atoms. The minimum Gasteiger partial charge on any atom is -0.376 e. The monoisotopic (exact) mass is 352 g/mol. The first-order valence-electron chi connectivity index (χ1n) is 8.59. The maximum absolute atomic E-state index is 13.1. The molecule has 1 aromatic carbocycles. The van der Waals surface area contributed by atoms with E-state index in [0.29, 0.717) is 18.8 Å². The number of aromatic nitrogens is 1. The molecule has 0 N–H and O–H groups in total. The minimum absolute atomic E-state index is 0.0327. The van der Waals surface area contributed by atoms with Crippen LogP contribution in [-0.4, -0.2) is 35.0 Å². The van der Waals surface area contributed by atoms with Gasteiger partial charge in [-0.15, -0.1) is 11.3 Å². The highest BCUT2D eigenvalue weighted by molar-refractivity contribution is 7.09. The molecule has 0 saturated carbocycles. The van der Waals surface area contributed by atoms with Crippen LogP contribution < -0.4 is 0 Å². The Morgan fingerprint density at radius 3 is 2.92 bits per heavy atom. The van der Waals surface area contributed by atoms with Gasteiger partial charge in [-0.05, 0) is 36.4 Å². The predicted octanol–water partition coefficient (Wildman–Crippen LogP) is 4.12. The molecule has 1 unspecified atom stereocenters. The molecule has 1 saturated heterocycles. The molecule has 1 aliphatic heterocycles. The number of carbonyl (C=O) groups is 1. The maximum atomic E-state index is 13.1. The summed E-state index contributed by atoms with van der Waals surface area (Å²) in [5.41, 5.74) is 1.34. The van der Waals surface area contributed by atoms with Crippen molar-refractivity contribution in [3.8, 4) is 0 Å². The fourth-order valence-corrected chi connectivity index (χ4v) is 3.91. The van der Waals surface area contributed by atoms with Crippen LogP contribution in [0.25, 0.3) is 10.9 Å². The number of thiophene rings is 1. The van der Waals surface area contributed by atoms with E-state index in [0.717, 1.165) is 30.4 Å². The van der Waals surface area contributed by atoms with E-state index in [9.17, 15) is 4.79 Å². The third-order valence-electron chi connectivity index (χ3n) is 4.48. The van der Waals surface area contributed by atoms with Gasteiger partial charge in [0.15, 0.2) is 0 Å². The van der Waals surface area contributed by atoms with Gasteiger partial charge < -0.3 is 9.64 Å². The highest BCUT2D eigenvalue weighted by Gasteiger charge is 2.24. The number of nitrogens with zero attached hydrogens (tertiary/aromatic N) is 2. The molecule has 4 rings (SSSR count). The predicted molar refractivity (Wildman–Crippen MR) is 99.8 cm³/mol. The quantitative estimate of drug-likeness (QED) is 0.694. The number of amides is 1. The van der Waals surface area contributed by atoms with E-state index >= 15 is 0 Å². The molecule has 0 spiro atoms. The second-order valence-corrected chi connectivity index (χ2v) is 7.32. The smallest absolute Gasteiger partial charge is 0.272 e. The fourth-order valence-electron chi connectivity index (χ4n) is 3.19. The van der Waals surface area contributed by atoms with Crippen molar-refractivity contribution >= 4 is 28.1 Å². The number of para-hydroxylation sites is 1. The average molecular weight is 352 g/mol. The molecule has 4 nitrogen and oxygen atoms in total. The molecule has 1 amide bonds. The van der Waals surface area contributed by atoms with E-state index in [1.807, 2.05) is 52.7 Å². The maximum Gasteiger partial charge on any atom is 0.272 e. The zero-order chi connectivity index (χ0) is 17.1. The van der Waals surface area contributed by atoms with Gasteiger partial charge in [-0.3, -0.25) is 4.79 Å². The average Bonchev–Trinajstić information content (AvgIpc) is 3.34. The van der Waals surface area contributed by atoms with Gasteiger partial charge in [0.05, 0.1) is 18.2 Å². The Labute approximate surface area is 151 Å². The van der Waals surface area contributed by atoms with Gasteiger partial charge in [0.1, 0.15) is 5.69 Å². The zero-order valence-electron chi connectivity index (χ0n) is 13.9. The van der Waals surface area contributed by atoms with E-state index in [4.69, 9.17) is 4.74 Å². The van der Waals surface area contributed by atoms with E-state index in [2.05, 4.69) is 11.1 Å². The number of ether oxygens (including phenoxy) is 1. The van der Waals surface area contributed by atoms with Crippen molar-refractivity contribution < 1.29 is 9.53 Å². The summed E-state index contributed by atoms with van der Waals surface area (Å²) in [4.78, 5) is 20.7. The van der Waals surface area contributed by atoms with Gasteiger partial charge in [0, 0.05) is 23.4 Å². The van der Waals surface area contributed by atoms with Crippen LogP contribution >= 0.6 is 11.3 Å². The number of rotatable bonds is 5. The molecule has 0 bridgehead atoms. The molecule has 0 aliphatic carbocycles. The van der Waals surface area contributed by atoms with Crippen LogP contribution in [0.3, 0.4) is 0 Å². The first kappa shape index (κ1) is 16.2. The van der Waals surface area contributed by atoms with E-state index < -0.39 is 0 Å². The third-order valence-corrected chi connectivity index (χ3v) is 5.34. The number of hydrogen-bond acceptors (Lipinski definition) is 4. The van der Waals surface area contributed by atoms with Crippen molar-refractivity contribution in [1.29, 1.82) is 0 Å². The Bertz CT molecular complexity index is 857. The lowest BCUT2D eigenvalue weighted by Crippen LogP contribution is -2.37. The Morgan fingerprint density at radius 1 is 1.20 bits per heavy atom.